The quantitative estimate of drug-likeness (QED) is 0.727. The second kappa shape index (κ2) is 7.36. The molecule has 3 aromatic rings. The average Bonchev–Trinajstić information content (AvgIpc) is 3.12. The number of rotatable bonds is 6. The van der Waals surface area contributed by atoms with Gasteiger partial charge >= 0.3 is 0 Å². The summed E-state index contributed by atoms with van der Waals surface area (Å²) in [6.07, 6.45) is 0.305. The van der Waals surface area contributed by atoms with E-state index in [0.29, 0.717) is 18.9 Å². The van der Waals surface area contributed by atoms with Crippen molar-refractivity contribution in [2.24, 2.45) is 0 Å². The van der Waals surface area contributed by atoms with Crippen molar-refractivity contribution in [2.75, 3.05) is 11.9 Å². The number of nitrogens with one attached hydrogen (secondary N) is 2. The summed E-state index contributed by atoms with van der Waals surface area (Å²) in [7, 11) is 0. The van der Waals surface area contributed by atoms with Gasteiger partial charge in [-0.2, -0.15) is 5.21 Å². The maximum atomic E-state index is 12.1. The molecule has 1 heterocycles. The predicted molar refractivity (Wildman–Crippen MR) is 89.6 cm³/mol. The summed E-state index contributed by atoms with van der Waals surface area (Å²) in [5.74, 6) is 1.24. The first kappa shape index (κ1) is 15.7. The van der Waals surface area contributed by atoms with Gasteiger partial charge in [-0.1, -0.05) is 12.1 Å². The van der Waals surface area contributed by atoms with Gasteiger partial charge in [-0.3, -0.25) is 4.79 Å². The van der Waals surface area contributed by atoms with Crippen LogP contribution < -0.4 is 10.1 Å². The highest BCUT2D eigenvalue weighted by Gasteiger charge is 2.06. The number of hydrogen-bond donors (Lipinski definition) is 2. The van der Waals surface area contributed by atoms with Crippen LogP contribution in [-0.2, 0) is 11.2 Å². The number of ether oxygens (including phenoxy) is 1. The molecule has 1 amide bonds. The smallest absolute Gasteiger partial charge is 0.228 e. The minimum Gasteiger partial charge on any atom is -0.494 e. The number of anilines is 1. The van der Waals surface area contributed by atoms with Gasteiger partial charge in [0.25, 0.3) is 0 Å². The van der Waals surface area contributed by atoms with Crippen LogP contribution in [-0.4, -0.2) is 33.1 Å². The van der Waals surface area contributed by atoms with Gasteiger partial charge in [-0.15, -0.1) is 10.2 Å². The number of aromatic amines is 1. The second-order valence-electron chi connectivity index (χ2n) is 5.11. The summed E-state index contributed by atoms with van der Waals surface area (Å²) in [5.41, 5.74) is 2.48. The summed E-state index contributed by atoms with van der Waals surface area (Å²) in [6, 6.07) is 14.8. The van der Waals surface area contributed by atoms with Gasteiger partial charge < -0.3 is 10.1 Å². The van der Waals surface area contributed by atoms with E-state index in [9.17, 15) is 4.79 Å². The number of nitrogens with zero attached hydrogens (tertiary/aromatic N) is 3. The molecule has 2 aromatic carbocycles. The molecule has 0 aliphatic heterocycles. The predicted octanol–water partition coefficient (Wildman–Crippen LogP) is 2.45. The number of aromatic nitrogens is 4. The largest absolute Gasteiger partial charge is 0.494 e. The van der Waals surface area contributed by atoms with Crippen molar-refractivity contribution in [2.45, 2.75) is 13.3 Å². The Bertz CT molecular complexity index is 783. The highest BCUT2D eigenvalue weighted by atomic mass is 16.5. The van der Waals surface area contributed by atoms with E-state index in [4.69, 9.17) is 4.74 Å². The summed E-state index contributed by atoms with van der Waals surface area (Å²) < 4.78 is 5.39. The molecule has 1 aromatic heterocycles. The van der Waals surface area contributed by atoms with Gasteiger partial charge in [0.1, 0.15) is 5.75 Å². The molecule has 7 heteroatoms. The first-order valence-electron chi connectivity index (χ1n) is 7.60. The lowest BCUT2D eigenvalue weighted by Gasteiger charge is -2.07. The lowest BCUT2D eigenvalue weighted by Crippen LogP contribution is -2.14. The fourth-order valence-electron chi connectivity index (χ4n) is 2.25. The van der Waals surface area contributed by atoms with E-state index in [2.05, 4.69) is 25.9 Å². The van der Waals surface area contributed by atoms with E-state index in [-0.39, 0.29) is 5.91 Å². The zero-order chi connectivity index (χ0) is 16.8. The van der Waals surface area contributed by atoms with Crippen molar-refractivity contribution in [3.8, 4) is 17.1 Å². The molecule has 0 unspecified atom stereocenters. The maximum absolute atomic E-state index is 12.1. The number of carbonyl (C=O) groups is 1. The van der Waals surface area contributed by atoms with Crippen molar-refractivity contribution in [1.29, 1.82) is 0 Å². The Morgan fingerprint density at radius 3 is 2.50 bits per heavy atom. The number of hydrogen-bond acceptors (Lipinski definition) is 5. The third-order valence-electron chi connectivity index (χ3n) is 3.37. The Morgan fingerprint density at radius 1 is 1.12 bits per heavy atom. The molecule has 0 atom stereocenters. The van der Waals surface area contributed by atoms with Gasteiger partial charge in [-0.25, -0.2) is 0 Å². The van der Waals surface area contributed by atoms with Crippen molar-refractivity contribution >= 4 is 11.6 Å². The first-order chi connectivity index (χ1) is 11.7. The molecule has 0 fully saturated rings. The molecule has 3 rings (SSSR count). The maximum Gasteiger partial charge on any atom is 0.228 e. The average molecular weight is 323 g/mol. The fourth-order valence-corrected chi connectivity index (χ4v) is 2.25. The molecule has 0 aliphatic carbocycles. The molecular formula is C17H17N5O2. The fraction of sp³-hybridized carbons (Fsp3) is 0.176. The highest BCUT2D eigenvalue weighted by Crippen LogP contribution is 2.17. The molecule has 122 valence electrons. The Kier molecular flexibility index (Phi) is 4.81. The number of tetrazole rings is 1. The van der Waals surface area contributed by atoms with Crippen LogP contribution in [0.3, 0.4) is 0 Å². The molecule has 0 aliphatic rings. The summed E-state index contributed by atoms with van der Waals surface area (Å²) in [6.45, 7) is 2.56. The second-order valence-corrected chi connectivity index (χ2v) is 5.11. The zero-order valence-electron chi connectivity index (χ0n) is 13.2. The van der Waals surface area contributed by atoms with E-state index in [1.807, 2.05) is 55.5 Å². The Morgan fingerprint density at radius 2 is 1.88 bits per heavy atom. The topological polar surface area (TPSA) is 92.8 Å². The lowest BCUT2D eigenvalue weighted by atomic mass is 10.1. The van der Waals surface area contributed by atoms with Crippen LogP contribution in [0.4, 0.5) is 5.69 Å². The molecule has 0 radical (unpaired) electrons. The van der Waals surface area contributed by atoms with Crippen molar-refractivity contribution in [3.05, 3.63) is 54.1 Å². The third kappa shape index (κ3) is 3.95. The van der Waals surface area contributed by atoms with Crippen LogP contribution in [0.15, 0.2) is 48.5 Å². The first-order valence-corrected chi connectivity index (χ1v) is 7.60. The van der Waals surface area contributed by atoms with E-state index in [1.165, 1.54) is 0 Å². The monoisotopic (exact) mass is 323 g/mol. The van der Waals surface area contributed by atoms with Crippen molar-refractivity contribution in [3.63, 3.8) is 0 Å². The summed E-state index contributed by atoms with van der Waals surface area (Å²) in [5, 5.41) is 16.6. The van der Waals surface area contributed by atoms with Gasteiger partial charge in [-0.05, 0) is 54.1 Å². The van der Waals surface area contributed by atoms with Crippen LogP contribution >= 0.6 is 0 Å². The Labute approximate surface area is 139 Å². The van der Waals surface area contributed by atoms with Crippen molar-refractivity contribution < 1.29 is 9.53 Å². The molecular weight excluding hydrogens is 306 g/mol. The normalized spacial score (nSPS) is 10.4. The SMILES string of the molecule is CCOc1ccc(CC(=O)Nc2ccc(-c3nn[nH]n3)cc2)cc1. The van der Waals surface area contributed by atoms with Crippen LogP contribution in [0.25, 0.3) is 11.4 Å². The Balaban J connectivity index is 1.58. The number of benzene rings is 2. The molecule has 0 bridgehead atoms. The lowest BCUT2D eigenvalue weighted by molar-refractivity contribution is -0.115. The van der Waals surface area contributed by atoms with Crippen LogP contribution in [0.1, 0.15) is 12.5 Å². The zero-order valence-corrected chi connectivity index (χ0v) is 13.2. The van der Waals surface area contributed by atoms with E-state index < -0.39 is 0 Å². The number of carbonyl (C=O) groups excluding carboxylic acids is 1. The molecule has 7 nitrogen and oxygen atoms in total. The molecule has 0 saturated carbocycles. The molecule has 24 heavy (non-hydrogen) atoms. The minimum absolute atomic E-state index is 0.0773. The third-order valence-corrected chi connectivity index (χ3v) is 3.37. The van der Waals surface area contributed by atoms with Gasteiger partial charge in [0.15, 0.2) is 0 Å². The van der Waals surface area contributed by atoms with E-state index in [0.717, 1.165) is 22.6 Å². The highest BCUT2D eigenvalue weighted by molar-refractivity contribution is 5.92. The standard InChI is InChI=1S/C17H17N5O2/c1-2-24-15-9-3-12(4-10-15)11-16(23)18-14-7-5-13(6-8-14)17-19-21-22-20-17/h3-10H,2,11H2,1H3,(H,18,23)(H,19,20,21,22). The summed E-state index contributed by atoms with van der Waals surface area (Å²) in [4.78, 5) is 12.1. The summed E-state index contributed by atoms with van der Waals surface area (Å²) >= 11 is 0. The van der Waals surface area contributed by atoms with Gasteiger partial charge in [0, 0.05) is 11.3 Å². The molecule has 2 N–H and O–H groups in total. The number of amides is 1. The van der Waals surface area contributed by atoms with E-state index in [1.54, 1.807) is 0 Å². The van der Waals surface area contributed by atoms with Crippen LogP contribution in [0.5, 0.6) is 5.75 Å². The van der Waals surface area contributed by atoms with Crippen LogP contribution in [0, 0.1) is 0 Å². The molecule has 0 spiro atoms. The molecule has 0 saturated heterocycles. The Hall–Kier alpha value is -3.22. The van der Waals surface area contributed by atoms with Crippen molar-refractivity contribution in [1.82, 2.24) is 20.6 Å². The van der Waals surface area contributed by atoms with Gasteiger partial charge in [0.05, 0.1) is 13.0 Å². The minimum atomic E-state index is -0.0773. The van der Waals surface area contributed by atoms with Crippen LogP contribution in [0.2, 0.25) is 0 Å². The van der Waals surface area contributed by atoms with E-state index >= 15 is 0 Å². The number of H-pyrrole nitrogens is 1. The van der Waals surface area contributed by atoms with Gasteiger partial charge in [0.2, 0.25) is 11.7 Å².